The number of hydrogen-bond donors (Lipinski definition) is 1. The molecule has 0 spiro atoms. The molecule has 1 saturated heterocycles. The summed E-state index contributed by atoms with van der Waals surface area (Å²) in [7, 11) is 0. The third kappa shape index (κ3) is 6.00. The Hall–Kier alpha value is -4.13. The van der Waals surface area contributed by atoms with Crippen molar-refractivity contribution in [1.82, 2.24) is 9.88 Å². The van der Waals surface area contributed by atoms with Crippen LogP contribution in [0.5, 0.6) is 11.5 Å². The Labute approximate surface area is 217 Å². The maximum atomic E-state index is 13.3. The molecule has 0 bridgehead atoms. The zero-order valence-corrected chi connectivity index (χ0v) is 21.2. The molecule has 1 aliphatic heterocycles. The summed E-state index contributed by atoms with van der Waals surface area (Å²) in [5, 5.41) is 11.3. The molecular weight excluding hydrogens is 468 g/mol. The number of aliphatic hydroxyl groups excluding tert-OH is 1. The first-order chi connectivity index (χ1) is 18.0. The molecule has 0 aliphatic carbocycles. The van der Waals surface area contributed by atoms with Crippen LogP contribution >= 0.6 is 0 Å². The van der Waals surface area contributed by atoms with Crippen LogP contribution in [0.2, 0.25) is 0 Å². The molecule has 1 aliphatic rings. The SMILES string of the molecule is CCCCOc1ccc(C(O)=C2C(=O)C(=O)N(Cc3cccnc3)[C@@H]2c2cccc(OCCC)c2)cc1. The molecule has 7 heteroatoms. The summed E-state index contributed by atoms with van der Waals surface area (Å²) < 4.78 is 11.5. The van der Waals surface area contributed by atoms with Crippen LogP contribution in [0.15, 0.2) is 78.6 Å². The Morgan fingerprint density at radius 1 is 0.946 bits per heavy atom. The summed E-state index contributed by atoms with van der Waals surface area (Å²) in [5.74, 6) is -0.305. The number of ether oxygens (including phenoxy) is 2. The zero-order valence-electron chi connectivity index (χ0n) is 21.2. The van der Waals surface area contributed by atoms with Crippen molar-refractivity contribution in [2.75, 3.05) is 13.2 Å². The minimum atomic E-state index is -0.786. The fraction of sp³-hybridized carbons (Fsp3) is 0.300. The smallest absolute Gasteiger partial charge is 0.295 e. The van der Waals surface area contributed by atoms with Crippen molar-refractivity contribution in [2.24, 2.45) is 0 Å². The van der Waals surface area contributed by atoms with E-state index in [0.29, 0.717) is 35.8 Å². The molecule has 1 amide bonds. The number of unbranched alkanes of at least 4 members (excludes halogenated alkanes) is 1. The fourth-order valence-corrected chi connectivity index (χ4v) is 4.27. The van der Waals surface area contributed by atoms with Crippen LogP contribution in [0.1, 0.15) is 55.8 Å². The number of pyridine rings is 1. The van der Waals surface area contributed by atoms with E-state index in [9.17, 15) is 14.7 Å². The van der Waals surface area contributed by atoms with Crippen LogP contribution in [0.25, 0.3) is 5.76 Å². The lowest BCUT2D eigenvalue weighted by molar-refractivity contribution is -0.140. The summed E-state index contributed by atoms with van der Waals surface area (Å²) in [6, 6.07) is 17.1. The van der Waals surface area contributed by atoms with Crippen molar-refractivity contribution in [3.8, 4) is 11.5 Å². The summed E-state index contributed by atoms with van der Waals surface area (Å²) in [6.45, 7) is 5.44. The normalized spacial score (nSPS) is 16.7. The van der Waals surface area contributed by atoms with E-state index in [1.54, 1.807) is 42.7 Å². The molecule has 7 nitrogen and oxygen atoms in total. The third-order valence-electron chi connectivity index (χ3n) is 6.16. The zero-order chi connectivity index (χ0) is 26.2. The second-order valence-corrected chi connectivity index (χ2v) is 8.94. The third-order valence-corrected chi connectivity index (χ3v) is 6.16. The van der Waals surface area contributed by atoms with Crippen LogP contribution in [-0.4, -0.2) is 39.9 Å². The van der Waals surface area contributed by atoms with Gasteiger partial charge < -0.3 is 19.5 Å². The van der Waals surface area contributed by atoms with E-state index in [-0.39, 0.29) is 17.9 Å². The Bertz CT molecular complexity index is 1250. The quantitative estimate of drug-likeness (QED) is 0.158. The van der Waals surface area contributed by atoms with Gasteiger partial charge in [0, 0.05) is 24.5 Å². The maximum absolute atomic E-state index is 13.3. The highest BCUT2D eigenvalue weighted by Gasteiger charge is 2.46. The summed E-state index contributed by atoms with van der Waals surface area (Å²) in [5.41, 5.74) is 1.94. The lowest BCUT2D eigenvalue weighted by Gasteiger charge is -2.25. The van der Waals surface area contributed by atoms with Gasteiger partial charge >= 0.3 is 0 Å². The molecule has 1 fully saturated rings. The van der Waals surface area contributed by atoms with Crippen molar-refractivity contribution in [3.05, 3.63) is 95.3 Å². The van der Waals surface area contributed by atoms with Crippen LogP contribution in [0, 0.1) is 0 Å². The molecule has 37 heavy (non-hydrogen) atoms. The van der Waals surface area contributed by atoms with Crippen molar-refractivity contribution in [3.63, 3.8) is 0 Å². The monoisotopic (exact) mass is 500 g/mol. The second-order valence-electron chi connectivity index (χ2n) is 8.94. The highest BCUT2D eigenvalue weighted by atomic mass is 16.5. The summed E-state index contributed by atoms with van der Waals surface area (Å²) in [4.78, 5) is 32.2. The van der Waals surface area contributed by atoms with Crippen LogP contribution in [-0.2, 0) is 16.1 Å². The molecule has 0 radical (unpaired) electrons. The van der Waals surface area contributed by atoms with Gasteiger partial charge in [-0.15, -0.1) is 0 Å². The number of Topliss-reactive ketones (excluding diaryl/α,β-unsaturated/α-hetero) is 1. The average Bonchev–Trinajstić information content (AvgIpc) is 3.17. The van der Waals surface area contributed by atoms with Gasteiger partial charge in [0.2, 0.25) is 0 Å². The molecule has 1 aromatic heterocycles. The van der Waals surface area contributed by atoms with Gasteiger partial charge in [0.1, 0.15) is 17.3 Å². The average molecular weight is 501 g/mol. The van der Waals surface area contributed by atoms with E-state index in [4.69, 9.17) is 9.47 Å². The van der Waals surface area contributed by atoms with Crippen LogP contribution < -0.4 is 9.47 Å². The van der Waals surface area contributed by atoms with E-state index in [1.807, 2.05) is 37.3 Å². The Morgan fingerprint density at radius 2 is 1.73 bits per heavy atom. The van der Waals surface area contributed by atoms with E-state index < -0.39 is 17.7 Å². The molecule has 1 atom stereocenters. The Morgan fingerprint density at radius 3 is 2.43 bits per heavy atom. The van der Waals surface area contributed by atoms with Crippen molar-refractivity contribution < 1.29 is 24.2 Å². The van der Waals surface area contributed by atoms with E-state index >= 15 is 0 Å². The standard InChI is InChI=1S/C30H32N2O5/c1-3-5-17-37-24-13-11-22(12-14-24)28(33)26-27(23-9-6-10-25(18-23)36-16-4-2)32(30(35)29(26)34)20-21-8-7-15-31-19-21/h6-15,18-19,27,33H,3-5,16-17,20H2,1-2H3/t27-/m1/s1. The number of amides is 1. The van der Waals surface area contributed by atoms with E-state index in [0.717, 1.165) is 24.8 Å². The van der Waals surface area contributed by atoms with Crippen molar-refractivity contribution >= 4 is 17.4 Å². The highest BCUT2D eigenvalue weighted by molar-refractivity contribution is 6.46. The largest absolute Gasteiger partial charge is 0.507 e. The van der Waals surface area contributed by atoms with Crippen LogP contribution in [0.3, 0.4) is 0 Å². The van der Waals surface area contributed by atoms with Gasteiger partial charge in [0.25, 0.3) is 11.7 Å². The molecule has 0 saturated carbocycles. The minimum Gasteiger partial charge on any atom is -0.507 e. The molecular formula is C30H32N2O5. The van der Waals surface area contributed by atoms with Gasteiger partial charge in [-0.25, -0.2) is 0 Å². The number of rotatable bonds is 11. The van der Waals surface area contributed by atoms with Gasteiger partial charge in [0.15, 0.2) is 0 Å². The predicted molar refractivity (Wildman–Crippen MR) is 141 cm³/mol. The topological polar surface area (TPSA) is 89.0 Å². The molecule has 3 aromatic rings. The first-order valence-corrected chi connectivity index (χ1v) is 12.7. The predicted octanol–water partition coefficient (Wildman–Crippen LogP) is 5.67. The number of carbonyl (C=O) groups excluding carboxylic acids is 2. The molecule has 1 N–H and O–H groups in total. The Balaban J connectivity index is 1.75. The minimum absolute atomic E-state index is 0.0428. The van der Waals surface area contributed by atoms with Crippen molar-refractivity contribution in [1.29, 1.82) is 0 Å². The summed E-state index contributed by atoms with van der Waals surface area (Å²) >= 11 is 0. The van der Waals surface area contributed by atoms with Crippen molar-refractivity contribution in [2.45, 2.75) is 45.7 Å². The van der Waals surface area contributed by atoms with Gasteiger partial charge in [-0.1, -0.05) is 38.5 Å². The number of carbonyl (C=O) groups is 2. The van der Waals surface area contributed by atoms with E-state index in [1.165, 1.54) is 4.90 Å². The number of hydrogen-bond acceptors (Lipinski definition) is 6. The number of ketones is 1. The number of likely N-dealkylation sites (tertiary alicyclic amines) is 1. The van der Waals surface area contributed by atoms with Gasteiger partial charge in [0.05, 0.1) is 24.8 Å². The molecule has 192 valence electrons. The molecule has 4 rings (SSSR count). The summed E-state index contributed by atoms with van der Waals surface area (Å²) in [6.07, 6.45) is 6.14. The van der Waals surface area contributed by atoms with Gasteiger partial charge in [-0.3, -0.25) is 14.6 Å². The molecule has 0 unspecified atom stereocenters. The maximum Gasteiger partial charge on any atom is 0.295 e. The number of aliphatic hydroxyl groups is 1. The lowest BCUT2D eigenvalue weighted by Crippen LogP contribution is -2.29. The fourth-order valence-electron chi connectivity index (χ4n) is 4.27. The number of nitrogens with zero attached hydrogens (tertiary/aromatic N) is 2. The number of benzene rings is 2. The lowest BCUT2D eigenvalue weighted by atomic mass is 9.95. The second kappa shape index (κ2) is 12.2. The molecule has 2 heterocycles. The number of aromatic nitrogens is 1. The van der Waals surface area contributed by atoms with Crippen LogP contribution in [0.4, 0.5) is 0 Å². The highest BCUT2D eigenvalue weighted by Crippen LogP contribution is 2.41. The van der Waals surface area contributed by atoms with E-state index in [2.05, 4.69) is 11.9 Å². The van der Waals surface area contributed by atoms with Gasteiger partial charge in [-0.2, -0.15) is 0 Å². The first-order valence-electron chi connectivity index (χ1n) is 12.7. The molecule has 2 aromatic carbocycles. The Kier molecular flexibility index (Phi) is 8.56. The van der Waals surface area contributed by atoms with Gasteiger partial charge in [-0.05, 0) is 66.4 Å². The first kappa shape index (κ1) is 25.9.